The molecule has 2 rings (SSSR count). The van der Waals surface area contributed by atoms with E-state index in [0.29, 0.717) is 4.88 Å². The van der Waals surface area contributed by atoms with E-state index in [1.807, 2.05) is 6.92 Å². The van der Waals surface area contributed by atoms with E-state index in [1.165, 1.54) is 11.3 Å². The molecule has 0 saturated carbocycles. The Morgan fingerprint density at radius 1 is 1.40 bits per heavy atom. The topological polar surface area (TPSA) is 70.4 Å². The minimum absolute atomic E-state index is 0.367. The number of aromatic carboxylic acids is 1. The maximum atomic E-state index is 10.7. The Bertz CT molecular complexity index is 478. The van der Waals surface area contributed by atoms with E-state index in [-0.39, 0.29) is 0 Å². The molecule has 0 unspecified atom stereocenters. The van der Waals surface area contributed by atoms with E-state index in [9.17, 15) is 4.79 Å². The van der Waals surface area contributed by atoms with E-state index in [2.05, 4.69) is 4.98 Å². The summed E-state index contributed by atoms with van der Waals surface area (Å²) in [5.41, 5.74) is 1.02. The first-order valence-corrected chi connectivity index (χ1v) is 5.02. The molecule has 2 N–H and O–H groups in total. The number of aryl methyl sites for hydroxylation is 1. The van der Waals surface area contributed by atoms with E-state index in [1.54, 1.807) is 18.5 Å². The molecule has 4 nitrogen and oxygen atoms in total. The van der Waals surface area contributed by atoms with Crippen molar-refractivity contribution >= 4 is 27.4 Å². The van der Waals surface area contributed by atoms with Crippen LogP contribution in [0, 0.1) is 6.92 Å². The van der Waals surface area contributed by atoms with E-state index in [4.69, 9.17) is 10.2 Å². The lowest BCUT2D eigenvalue weighted by atomic mass is 10.2. The molecule has 0 amide bonds. The standard InChI is InChI=1S/C9H7NO2S.CH4O/c1-5-3-10-4-8-6(5)2-7(13-8)9(11)12;1-2/h2-4H,1H3,(H,11,12);2H,1H3. The van der Waals surface area contributed by atoms with Crippen LogP contribution in [-0.2, 0) is 0 Å². The van der Waals surface area contributed by atoms with Crippen molar-refractivity contribution in [3.63, 3.8) is 0 Å². The molecule has 2 aromatic heterocycles. The summed E-state index contributed by atoms with van der Waals surface area (Å²) >= 11 is 1.26. The molecule has 0 atom stereocenters. The zero-order valence-electron chi connectivity index (χ0n) is 8.39. The van der Waals surface area contributed by atoms with Crippen LogP contribution in [0.3, 0.4) is 0 Å². The fraction of sp³-hybridized carbons (Fsp3) is 0.200. The third-order valence-corrected chi connectivity index (χ3v) is 2.91. The number of pyridine rings is 1. The van der Waals surface area contributed by atoms with Crippen molar-refractivity contribution in [2.24, 2.45) is 0 Å². The molecule has 0 radical (unpaired) electrons. The average Bonchev–Trinajstić information content (AvgIpc) is 2.66. The number of hydrogen-bond acceptors (Lipinski definition) is 4. The first-order valence-electron chi connectivity index (χ1n) is 4.20. The van der Waals surface area contributed by atoms with E-state index in [0.717, 1.165) is 22.8 Å². The number of carboxylic acids is 1. The minimum Gasteiger partial charge on any atom is -0.477 e. The second-order valence-corrected chi connectivity index (χ2v) is 3.87. The van der Waals surface area contributed by atoms with Gasteiger partial charge < -0.3 is 10.2 Å². The molecule has 0 fully saturated rings. The Kier molecular flexibility index (Phi) is 3.76. The molecule has 0 spiro atoms. The van der Waals surface area contributed by atoms with Gasteiger partial charge in [0.15, 0.2) is 0 Å². The van der Waals surface area contributed by atoms with Crippen molar-refractivity contribution in [3.8, 4) is 0 Å². The van der Waals surface area contributed by atoms with Gasteiger partial charge in [0.05, 0.1) is 4.70 Å². The van der Waals surface area contributed by atoms with Gasteiger partial charge in [0.1, 0.15) is 4.88 Å². The van der Waals surface area contributed by atoms with Crippen molar-refractivity contribution in [1.82, 2.24) is 4.98 Å². The zero-order chi connectivity index (χ0) is 11.4. The molecule has 15 heavy (non-hydrogen) atoms. The molecule has 80 valence electrons. The quantitative estimate of drug-likeness (QED) is 0.777. The number of carboxylic acid groups (broad SMARTS) is 1. The summed E-state index contributed by atoms with van der Waals surface area (Å²) in [6.45, 7) is 1.92. The van der Waals surface area contributed by atoms with Crippen LogP contribution in [0.2, 0.25) is 0 Å². The second-order valence-electron chi connectivity index (χ2n) is 2.78. The van der Waals surface area contributed by atoms with Gasteiger partial charge in [-0.25, -0.2) is 4.79 Å². The summed E-state index contributed by atoms with van der Waals surface area (Å²) < 4.78 is 0.928. The van der Waals surface area contributed by atoms with Gasteiger partial charge in [0.2, 0.25) is 0 Å². The molecule has 0 aromatic carbocycles. The summed E-state index contributed by atoms with van der Waals surface area (Å²) in [6, 6.07) is 1.69. The SMILES string of the molecule is CO.Cc1cncc2sc(C(=O)O)cc12. The van der Waals surface area contributed by atoms with Crippen LogP contribution in [-0.4, -0.2) is 28.3 Å². The molecule has 0 bridgehead atoms. The van der Waals surface area contributed by atoms with Gasteiger partial charge in [-0.3, -0.25) is 4.98 Å². The van der Waals surface area contributed by atoms with Crippen LogP contribution in [0.5, 0.6) is 0 Å². The van der Waals surface area contributed by atoms with Crippen molar-refractivity contribution in [2.75, 3.05) is 7.11 Å². The first-order chi connectivity index (χ1) is 7.18. The molecule has 0 saturated heterocycles. The second kappa shape index (κ2) is 4.86. The van der Waals surface area contributed by atoms with Crippen LogP contribution in [0.15, 0.2) is 18.5 Å². The molecule has 2 aromatic rings. The lowest BCUT2D eigenvalue weighted by molar-refractivity contribution is 0.0702. The molecule has 2 heterocycles. The van der Waals surface area contributed by atoms with Gasteiger partial charge in [-0.2, -0.15) is 0 Å². The van der Waals surface area contributed by atoms with E-state index >= 15 is 0 Å². The number of hydrogen-bond donors (Lipinski definition) is 2. The number of fused-ring (bicyclic) bond motifs is 1. The van der Waals surface area contributed by atoms with Gasteiger partial charge in [0, 0.05) is 19.5 Å². The molecular weight excluding hydrogens is 214 g/mol. The first kappa shape index (κ1) is 11.6. The van der Waals surface area contributed by atoms with Crippen LogP contribution in [0.4, 0.5) is 0 Å². The molecule has 0 aliphatic carbocycles. The normalized spacial score (nSPS) is 9.53. The fourth-order valence-corrected chi connectivity index (χ4v) is 2.15. The van der Waals surface area contributed by atoms with E-state index < -0.39 is 5.97 Å². The Labute approximate surface area is 90.8 Å². The van der Waals surface area contributed by atoms with Crippen molar-refractivity contribution < 1.29 is 15.0 Å². The third-order valence-electron chi connectivity index (χ3n) is 1.86. The average molecular weight is 225 g/mol. The molecular formula is C10H11NO3S. The lowest BCUT2D eigenvalue weighted by Gasteiger charge is -1.90. The fourth-order valence-electron chi connectivity index (χ4n) is 1.20. The molecule has 0 aliphatic heterocycles. The van der Waals surface area contributed by atoms with Crippen molar-refractivity contribution in [1.29, 1.82) is 0 Å². The van der Waals surface area contributed by atoms with Gasteiger partial charge in [-0.1, -0.05) is 0 Å². The number of aromatic nitrogens is 1. The summed E-state index contributed by atoms with van der Waals surface area (Å²) in [5.74, 6) is -0.874. The molecule has 0 aliphatic rings. The predicted molar refractivity (Wildman–Crippen MR) is 59.5 cm³/mol. The monoisotopic (exact) mass is 225 g/mol. The van der Waals surface area contributed by atoms with Gasteiger partial charge in [-0.15, -0.1) is 11.3 Å². The highest BCUT2D eigenvalue weighted by molar-refractivity contribution is 7.20. The third kappa shape index (κ3) is 2.31. The summed E-state index contributed by atoms with van der Waals surface area (Å²) in [6.07, 6.45) is 3.43. The predicted octanol–water partition coefficient (Wildman–Crippen LogP) is 1.91. The van der Waals surface area contributed by atoms with Crippen LogP contribution in [0.1, 0.15) is 15.2 Å². The largest absolute Gasteiger partial charge is 0.477 e. The number of nitrogens with zero attached hydrogens (tertiary/aromatic N) is 1. The lowest BCUT2D eigenvalue weighted by Crippen LogP contribution is -1.89. The highest BCUT2D eigenvalue weighted by atomic mass is 32.1. The smallest absolute Gasteiger partial charge is 0.345 e. The van der Waals surface area contributed by atoms with Crippen molar-refractivity contribution in [2.45, 2.75) is 6.92 Å². The molecule has 5 heteroatoms. The minimum atomic E-state index is -0.874. The van der Waals surface area contributed by atoms with Gasteiger partial charge in [-0.05, 0) is 23.9 Å². The summed E-state index contributed by atoms with van der Waals surface area (Å²) in [4.78, 5) is 15.0. The highest BCUT2D eigenvalue weighted by Gasteiger charge is 2.09. The number of carbonyl (C=O) groups is 1. The van der Waals surface area contributed by atoms with Crippen LogP contribution >= 0.6 is 11.3 Å². The number of rotatable bonds is 1. The van der Waals surface area contributed by atoms with Gasteiger partial charge >= 0.3 is 5.97 Å². The number of aliphatic hydroxyl groups is 1. The summed E-state index contributed by atoms with van der Waals surface area (Å²) in [5, 5.41) is 16.8. The van der Waals surface area contributed by atoms with Gasteiger partial charge in [0.25, 0.3) is 0 Å². The number of thiophene rings is 1. The van der Waals surface area contributed by atoms with Crippen LogP contribution < -0.4 is 0 Å². The maximum Gasteiger partial charge on any atom is 0.345 e. The Morgan fingerprint density at radius 2 is 2.07 bits per heavy atom. The highest BCUT2D eigenvalue weighted by Crippen LogP contribution is 2.26. The van der Waals surface area contributed by atoms with Crippen molar-refractivity contribution in [3.05, 3.63) is 28.9 Å². The van der Waals surface area contributed by atoms with Crippen LogP contribution in [0.25, 0.3) is 10.1 Å². The maximum absolute atomic E-state index is 10.7. The Morgan fingerprint density at radius 3 is 2.60 bits per heavy atom. The number of aliphatic hydroxyl groups excluding tert-OH is 1. The Hall–Kier alpha value is -1.46. The Balaban J connectivity index is 0.000000531. The summed E-state index contributed by atoms with van der Waals surface area (Å²) in [7, 11) is 1.00. The zero-order valence-corrected chi connectivity index (χ0v) is 9.21.